The Labute approximate surface area is 157 Å². The Morgan fingerprint density at radius 3 is 1.64 bits per heavy atom. The zero-order valence-electron chi connectivity index (χ0n) is 14.2. The number of benzene rings is 3. The second kappa shape index (κ2) is 6.99. The van der Waals surface area contributed by atoms with Crippen molar-refractivity contribution in [1.82, 2.24) is 0 Å². The number of halogens is 5. The molecule has 0 atom stereocenters. The monoisotopic (exact) mass is 413 g/mol. The van der Waals surface area contributed by atoms with Crippen molar-refractivity contribution in [2.45, 2.75) is 11.8 Å². The van der Waals surface area contributed by atoms with Crippen LogP contribution in [0.5, 0.6) is 0 Å². The lowest BCUT2D eigenvalue weighted by Crippen LogP contribution is -2.11. The van der Waals surface area contributed by atoms with Crippen molar-refractivity contribution >= 4 is 10.0 Å². The van der Waals surface area contributed by atoms with Gasteiger partial charge in [-0.3, -0.25) is 0 Å². The van der Waals surface area contributed by atoms with E-state index in [0.29, 0.717) is 0 Å². The van der Waals surface area contributed by atoms with Crippen molar-refractivity contribution in [3.63, 3.8) is 0 Å². The van der Waals surface area contributed by atoms with Gasteiger partial charge in [0.1, 0.15) is 5.82 Å². The minimum atomic E-state index is -4.06. The van der Waals surface area contributed by atoms with Gasteiger partial charge in [-0.25, -0.2) is 35.5 Å². The fourth-order valence-corrected chi connectivity index (χ4v) is 3.25. The Kier molecular flexibility index (Phi) is 4.99. The number of hydrogen-bond acceptors (Lipinski definition) is 2. The predicted molar refractivity (Wildman–Crippen MR) is 93.2 cm³/mol. The van der Waals surface area contributed by atoms with Gasteiger partial charge in [0.05, 0.1) is 4.90 Å². The van der Waals surface area contributed by atoms with Crippen molar-refractivity contribution in [3.8, 4) is 22.3 Å². The third-order valence-electron chi connectivity index (χ3n) is 4.20. The molecule has 3 aromatic carbocycles. The van der Waals surface area contributed by atoms with E-state index >= 15 is 0 Å². The second-order valence-corrected chi connectivity index (χ2v) is 7.60. The zero-order chi connectivity index (χ0) is 20.8. The summed E-state index contributed by atoms with van der Waals surface area (Å²) in [5.41, 5.74) is -1.53. The van der Waals surface area contributed by atoms with E-state index in [-0.39, 0.29) is 21.6 Å². The molecule has 0 aromatic heterocycles. The highest BCUT2D eigenvalue weighted by Gasteiger charge is 2.27. The molecule has 0 unspecified atom stereocenters. The summed E-state index contributed by atoms with van der Waals surface area (Å²) < 4.78 is 93.5. The minimum Gasteiger partial charge on any atom is -0.225 e. The summed E-state index contributed by atoms with van der Waals surface area (Å²) in [7, 11) is -4.06. The highest BCUT2D eigenvalue weighted by Crippen LogP contribution is 2.39. The molecule has 28 heavy (non-hydrogen) atoms. The van der Waals surface area contributed by atoms with Gasteiger partial charge in [-0.15, -0.1) is 0 Å². The molecule has 0 aliphatic rings. The van der Waals surface area contributed by atoms with Crippen molar-refractivity contribution in [2.24, 2.45) is 5.14 Å². The topological polar surface area (TPSA) is 60.2 Å². The van der Waals surface area contributed by atoms with E-state index < -0.39 is 50.2 Å². The van der Waals surface area contributed by atoms with Crippen LogP contribution < -0.4 is 5.14 Å². The van der Waals surface area contributed by atoms with E-state index in [9.17, 15) is 30.4 Å². The first kappa shape index (κ1) is 20.0. The average Bonchev–Trinajstić information content (AvgIpc) is 2.64. The quantitative estimate of drug-likeness (QED) is 0.385. The second-order valence-electron chi connectivity index (χ2n) is 6.04. The molecule has 0 radical (unpaired) electrons. The van der Waals surface area contributed by atoms with E-state index in [2.05, 4.69) is 0 Å². The third kappa shape index (κ3) is 3.38. The van der Waals surface area contributed by atoms with Crippen molar-refractivity contribution < 1.29 is 30.4 Å². The molecule has 0 spiro atoms. The molecule has 0 fully saturated rings. The molecular weight excluding hydrogens is 401 g/mol. The first-order valence-electron chi connectivity index (χ1n) is 7.78. The Morgan fingerprint density at radius 2 is 1.18 bits per heavy atom. The average molecular weight is 413 g/mol. The van der Waals surface area contributed by atoms with Gasteiger partial charge in [-0.05, 0) is 41.8 Å². The molecule has 0 amide bonds. The molecule has 0 aliphatic carbocycles. The summed E-state index contributed by atoms with van der Waals surface area (Å²) >= 11 is 0. The van der Waals surface area contributed by atoms with Crippen molar-refractivity contribution in [1.29, 1.82) is 0 Å². The molecule has 0 aliphatic heterocycles. The van der Waals surface area contributed by atoms with Gasteiger partial charge in [0.2, 0.25) is 10.0 Å². The van der Waals surface area contributed by atoms with Crippen molar-refractivity contribution in [3.05, 3.63) is 77.1 Å². The van der Waals surface area contributed by atoms with Gasteiger partial charge >= 0.3 is 0 Å². The Morgan fingerprint density at radius 1 is 0.714 bits per heavy atom. The molecule has 0 heterocycles. The number of aryl methyl sites for hydroxylation is 1. The lowest BCUT2D eigenvalue weighted by Gasteiger charge is -2.15. The minimum absolute atomic E-state index is 0.154. The highest BCUT2D eigenvalue weighted by atomic mass is 32.2. The van der Waals surface area contributed by atoms with E-state index in [0.717, 1.165) is 30.3 Å². The number of hydrogen-bond donors (Lipinski definition) is 1. The fraction of sp³-hybridized carbons (Fsp3) is 0.0526. The first-order valence-corrected chi connectivity index (χ1v) is 9.32. The third-order valence-corrected chi connectivity index (χ3v) is 5.13. The lowest BCUT2D eigenvalue weighted by atomic mass is 9.92. The standard InChI is InChI=1S/C19H12F5NO2S/c1-9-2-3-11(8-13(9)20)15-14(16(21)18(23)19(24)17(15)22)10-4-6-12(7-5-10)28(25,26)27/h2-8H,1H3,(H2,25,26,27). The molecule has 0 saturated heterocycles. The van der Waals surface area contributed by atoms with Crippen LogP contribution in [0.15, 0.2) is 47.4 Å². The summed E-state index contributed by atoms with van der Waals surface area (Å²) in [5, 5.41) is 4.98. The van der Waals surface area contributed by atoms with Gasteiger partial charge in [-0.2, -0.15) is 0 Å². The number of rotatable bonds is 3. The number of primary sulfonamides is 1. The molecular formula is C19H12F5NO2S. The normalized spacial score (nSPS) is 11.7. The number of nitrogens with two attached hydrogens (primary N) is 1. The molecule has 3 nitrogen and oxygen atoms in total. The van der Waals surface area contributed by atoms with Gasteiger partial charge < -0.3 is 0 Å². The Balaban J connectivity index is 2.35. The van der Waals surface area contributed by atoms with Gasteiger partial charge in [0, 0.05) is 11.1 Å². The predicted octanol–water partition coefficient (Wildman–Crippen LogP) is 4.67. The largest absolute Gasteiger partial charge is 0.238 e. The maximum atomic E-state index is 14.6. The maximum absolute atomic E-state index is 14.6. The molecule has 0 saturated carbocycles. The van der Waals surface area contributed by atoms with Crippen LogP contribution in [0, 0.1) is 36.0 Å². The smallest absolute Gasteiger partial charge is 0.225 e. The molecule has 9 heteroatoms. The fourth-order valence-electron chi connectivity index (χ4n) is 2.73. The van der Waals surface area contributed by atoms with Crippen LogP contribution in [0.3, 0.4) is 0 Å². The summed E-state index contributed by atoms with van der Waals surface area (Å²) in [6.07, 6.45) is 0. The van der Waals surface area contributed by atoms with Gasteiger partial charge in [0.15, 0.2) is 23.3 Å². The van der Waals surface area contributed by atoms with Crippen molar-refractivity contribution in [2.75, 3.05) is 0 Å². The van der Waals surface area contributed by atoms with E-state index in [1.165, 1.54) is 19.1 Å². The molecule has 0 bridgehead atoms. The summed E-state index contributed by atoms with van der Waals surface area (Å²) in [6.45, 7) is 1.44. The van der Waals surface area contributed by atoms with Crippen LogP contribution in [-0.4, -0.2) is 8.42 Å². The van der Waals surface area contributed by atoms with Crippen LogP contribution in [0.1, 0.15) is 5.56 Å². The van der Waals surface area contributed by atoms with Crippen LogP contribution in [-0.2, 0) is 10.0 Å². The molecule has 146 valence electrons. The van der Waals surface area contributed by atoms with Crippen LogP contribution >= 0.6 is 0 Å². The molecule has 3 aromatic rings. The molecule has 2 N–H and O–H groups in total. The van der Waals surface area contributed by atoms with Crippen LogP contribution in [0.2, 0.25) is 0 Å². The first-order chi connectivity index (χ1) is 13.0. The summed E-state index contributed by atoms with van der Waals surface area (Å²) in [4.78, 5) is -0.317. The van der Waals surface area contributed by atoms with Crippen LogP contribution in [0.25, 0.3) is 22.3 Å². The number of sulfonamides is 1. The lowest BCUT2D eigenvalue weighted by molar-refractivity contribution is 0.412. The van der Waals surface area contributed by atoms with Crippen LogP contribution in [0.4, 0.5) is 22.0 Å². The van der Waals surface area contributed by atoms with E-state index in [1.54, 1.807) is 0 Å². The highest BCUT2D eigenvalue weighted by molar-refractivity contribution is 7.89. The molecule has 3 rings (SSSR count). The SMILES string of the molecule is Cc1ccc(-c2c(F)c(F)c(F)c(F)c2-c2ccc(S(N)(=O)=O)cc2)cc1F. The van der Waals surface area contributed by atoms with E-state index in [4.69, 9.17) is 5.14 Å². The Bertz CT molecular complexity index is 1190. The Hall–Kier alpha value is -2.78. The zero-order valence-corrected chi connectivity index (χ0v) is 15.0. The maximum Gasteiger partial charge on any atom is 0.238 e. The van der Waals surface area contributed by atoms with Gasteiger partial charge in [0.25, 0.3) is 0 Å². The van der Waals surface area contributed by atoms with E-state index in [1.807, 2.05) is 0 Å². The van der Waals surface area contributed by atoms with Gasteiger partial charge in [-0.1, -0.05) is 24.3 Å². The summed E-state index contributed by atoms with van der Waals surface area (Å²) in [6, 6.07) is 7.50. The summed E-state index contributed by atoms with van der Waals surface area (Å²) in [5.74, 6) is -8.23.